The second-order valence-electron chi connectivity index (χ2n) is 6.25. The van der Waals surface area contributed by atoms with Crippen LogP contribution in [0.4, 0.5) is 16.2 Å². The van der Waals surface area contributed by atoms with Crippen molar-refractivity contribution in [2.75, 3.05) is 36.9 Å². The summed E-state index contributed by atoms with van der Waals surface area (Å²) in [5.74, 6) is 0.152. The number of hydrogen-bond acceptors (Lipinski definition) is 3. The van der Waals surface area contributed by atoms with Crippen LogP contribution in [0.15, 0.2) is 18.2 Å². The maximum Gasteiger partial charge on any atom is 0.319 e. The smallest absolute Gasteiger partial charge is 0.319 e. The molecule has 1 fully saturated rings. The molecule has 124 valence electrons. The Hall–Kier alpha value is -2.24. The van der Waals surface area contributed by atoms with E-state index in [1.807, 2.05) is 24.0 Å². The van der Waals surface area contributed by atoms with Crippen molar-refractivity contribution in [3.63, 3.8) is 0 Å². The lowest BCUT2D eigenvalue weighted by atomic mass is 10.1. The molecule has 1 aromatic carbocycles. The lowest BCUT2D eigenvalue weighted by Crippen LogP contribution is -2.40. The van der Waals surface area contributed by atoms with Gasteiger partial charge in [0.15, 0.2) is 0 Å². The van der Waals surface area contributed by atoms with Crippen LogP contribution in [0.3, 0.4) is 0 Å². The Bertz CT molecular complexity index is 617. The minimum atomic E-state index is -0.191. The van der Waals surface area contributed by atoms with Crippen molar-refractivity contribution in [2.24, 2.45) is 0 Å². The molecule has 6 nitrogen and oxygen atoms in total. The summed E-state index contributed by atoms with van der Waals surface area (Å²) in [7, 11) is 2.06. The quantitative estimate of drug-likeness (QED) is 0.894. The average Bonchev–Trinajstić information content (AvgIpc) is 3.15. The van der Waals surface area contributed by atoms with Crippen molar-refractivity contribution in [3.05, 3.63) is 23.8 Å². The third kappa shape index (κ3) is 3.25. The molecule has 6 heteroatoms. The highest BCUT2D eigenvalue weighted by molar-refractivity contribution is 5.92. The van der Waals surface area contributed by atoms with Gasteiger partial charge >= 0.3 is 6.03 Å². The molecule has 0 saturated carbocycles. The number of nitrogens with one attached hydrogen (secondary N) is 2. The lowest BCUT2D eigenvalue weighted by molar-refractivity contribution is -0.129. The van der Waals surface area contributed by atoms with Crippen LogP contribution in [0.25, 0.3) is 0 Å². The number of carbonyl (C=O) groups excluding carboxylic acids is 2. The summed E-state index contributed by atoms with van der Waals surface area (Å²) in [5.41, 5.74) is 3.26. The van der Waals surface area contributed by atoms with Crippen molar-refractivity contribution in [3.8, 4) is 0 Å². The van der Waals surface area contributed by atoms with Gasteiger partial charge in [0, 0.05) is 56.1 Å². The average molecular weight is 316 g/mol. The largest absolute Gasteiger partial charge is 0.374 e. The number of likely N-dealkylation sites (N-methyl/N-ethyl adjacent to an activating group) is 1. The highest BCUT2D eigenvalue weighted by atomic mass is 16.2. The highest BCUT2D eigenvalue weighted by Gasteiger charge is 2.27. The Labute approximate surface area is 136 Å². The molecule has 1 aromatic rings. The zero-order valence-corrected chi connectivity index (χ0v) is 13.8. The molecule has 0 spiro atoms. The summed E-state index contributed by atoms with van der Waals surface area (Å²) in [5, 5.41) is 5.95. The van der Waals surface area contributed by atoms with Crippen LogP contribution in [0.2, 0.25) is 0 Å². The van der Waals surface area contributed by atoms with Crippen molar-refractivity contribution in [1.82, 2.24) is 10.2 Å². The van der Waals surface area contributed by atoms with E-state index < -0.39 is 0 Å². The van der Waals surface area contributed by atoms with Gasteiger partial charge < -0.3 is 20.4 Å². The summed E-state index contributed by atoms with van der Waals surface area (Å²) < 4.78 is 0. The van der Waals surface area contributed by atoms with Crippen molar-refractivity contribution < 1.29 is 9.59 Å². The van der Waals surface area contributed by atoms with Gasteiger partial charge in [-0.2, -0.15) is 0 Å². The van der Waals surface area contributed by atoms with E-state index >= 15 is 0 Å². The van der Waals surface area contributed by atoms with Crippen molar-refractivity contribution in [2.45, 2.75) is 32.2 Å². The van der Waals surface area contributed by atoms with Crippen molar-refractivity contribution >= 4 is 23.3 Å². The van der Waals surface area contributed by atoms with E-state index in [9.17, 15) is 9.59 Å². The normalized spacial score (nSPS) is 19.7. The Morgan fingerprint density at radius 1 is 1.30 bits per heavy atom. The van der Waals surface area contributed by atoms with Crippen LogP contribution in [0, 0.1) is 0 Å². The molecule has 23 heavy (non-hydrogen) atoms. The Kier molecular flexibility index (Phi) is 4.41. The zero-order chi connectivity index (χ0) is 16.4. The molecule has 2 N–H and O–H groups in total. The van der Waals surface area contributed by atoms with E-state index in [1.165, 1.54) is 11.3 Å². The fourth-order valence-corrected chi connectivity index (χ4v) is 3.38. The molecule has 3 amide bonds. The fraction of sp³-hybridized carbons (Fsp3) is 0.529. The fourth-order valence-electron chi connectivity index (χ4n) is 3.38. The van der Waals surface area contributed by atoms with Crippen LogP contribution in [-0.4, -0.2) is 49.6 Å². The monoisotopic (exact) mass is 316 g/mol. The molecule has 0 unspecified atom stereocenters. The summed E-state index contributed by atoms with van der Waals surface area (Å²) in [6.07, 6.45) is 2.28. The minimum Gasteiger partial charge on any atom is -0.374 e. The summed E-state index contributed by atoms with van der Waals surface area (Å²) in [4.78, 5) is 28.0. The van der Waals surface area contributed by atoms with Crippen LogP contribution in [-0.2, 0) is 11.2 Å². The lowest BCUT2D eigenvalue weighted by Gasteiger charge is -2.17. The van der Waals surface area contributed by atoms with E-state index in [-0.39, 0.29) is 18.0 Å². The first-order valence-electron chi connectivity index (χ1n) is 8.26. The molecule has 0 aromatic heterocycles. The number of amides is 3. The maximum absolute atomic E-state index is 12.3. The summed E-state index contributed by atoms with van der Waals surface area (Å²) in [6, 6.07) is 5.83. The standard InChI is InChI=1S/C17H24N4O2/c1-3-16(22)21-10-7-12(11-21)18-17(23)19-14-5-4-6-15-13(14)8-9-20(15)2/h4-6,12H,3,7-11H2,1-2H3,(H2,18,19,23)/t12-/m0/s1. The molecule has 2 aliphatic rings. The zero-order valence-electron chi connectivity index (χ0n) is 13.8. The van der Waals surface area contributed by atoms with Gasteiger partial charge in [-0.1, -0.05) is 13.0 Å². The predicted octanol–water partition coefficient (Wildman–Crippen LogP) is 1.81. The van der Waals surface area contributed by atoms with Gasteiger partial charge in [-0.25, -0.2) is 4.79 Å². The van der Waals surface area contributed by atoms with Crippen LogP contribution >= 0.6 is 0 Å². The number of urea groups is 1. The van der Waals surface area contributed by atoms with E-state index in [0.717, 1.165) is 31.6 Å². The van der Waals surface area contributed by atoms with Crippen LogP contribution in [0.5, 0.6) is 0 Å². The molecule has 2 aliphatic heterocycles. The van der Waals surface area contributed by atoms with Gasteiger partial charge in [0.25, 0.3) is 0 Å². The SMILES string of the molecule is CCC(=O)N1CC[C@H](NC(=O)Nc2cccc3c2CCN3C)C1. The highest BCUT2D eigenvalue weighted by Crippen LogP contribution is 2.32. The topological polar surface area (TPSA) is 64.7 Å². The first-order valence-corrected chi connectivity index (χ1v) is 8.26. The van der Waals surface area contributed by atoms with Crippen LogP contribution in [0.1, 0.15) is 25.3 Å². The number of carbonyl (C=O) groups is 2. The van der Waals surface area contributed by atoms with Gasteiger partial charge in [-0.3, -0.25) is 4.79 Å². The van der Waals surface area contributed by atoms with E-state index in [1.54, 1.807) is 0 Å². The van der Waals surface area contributed by atoms with Gasteiger partial charge in [-0.15, -0.1) is 0 Å². The van der Waals surface area contributed by atoms with Gasteiger partial charge in [0.2, 0.25) is 5.91 Å². The van der Waals surface area contributed by atoms with E-state index in [2.05, 4.69) is 28.6 Å². The van der Waals surface area contributed by atoms with E-state index in [4.69, 9.17) is 0 Å². The van der Waals surface area contributed by atoms with Crippen molar-refractivity contribution in [1.29, 1.82) is 0 Å². The number of rotatable bonds is 3. The van der Waals surface area contributed by atoms with Gasteiger partial charge in [-0.05, 0) is 25.0 Å². The molecular formula is C17H24N4O2. The second-order valence-corrected chi connectivity index (χ2v) is 6.25. The molecule has 0 aliphatic carbocycles. The first-order chi connectivity index (χ1) is 11.1. The number of nitrogens with zero attached hydrogens (tertiary/aromatic N) is 2. The number of hydrogen-bond donors (Lipinski definition) is 2. The summed E-state index contributed by atoms with van der Waals surface area (Å²) >= 11 is 0. The first kappa shape index (κ1) is 15.6. The molecule has 0 bridgehead atoms. The number of fused-ring (bicyclic) bond motifs is 1. The number of benzene rings is 1. The molecule has 1 atom stereocenters. The molecule has 2 heterocycles. The predicted molar refractivity (Wildman–Crippen MR) is 90.8 cm³/mol. The second kappa shape index (κ2) is 6.48. The third-order valence-electron chi connectivity index (χ3n) is 4.69. The molecule has 1 saturated heterocycles. The number of likely N-dealkylation sites (tertiary alicyclic amines) is 1. The summed E-state index contributed by atoms with van der Waals surface area (Å²) in [6.45, 7) is 4.17. The maximum atomic E-state index is 12.3. The minimum absolute atomic E-state index is 0.0323. The molecule has 3 rings (SSSR count). The Balaban J connectivity index is 1.58. The molecule has 0 radical (unpaired) electrons. The van der Waals surface area contributed by atoms with Gasteiger partial charge in [0.05, 0.1) is 0 Å². The Morgan fingerprint density at radius 2 is 2.13 bits per heavy atom. The van der Waals surface area contributed by atoms with E-state index in [0.29, 0.717) is 13.0 Å². The van der Waals surface area contributed by atoms with Gasteiger partial charge in [0.1, 0.15) is 0 Å². The van der Waals surface area contributed by atoms with Crippen LogP contribution < -0.4 is 15.5 Å². The third-order valence-corrected chi connectivity index (χ3v) is 4.69. The molecular weight excluding hydrogens is 292 g/mol. The number of anilines is 2. The Morgan fingerprint density at radius 3 is 2.91 bits per heavy atom.